The summed E-state index contributed by atoms with van der Waals surface area (Å²) in [5, 5.41) is 13.2. The van der Waals surface area contributed by atoms with Gasteiger partial charge in [0, 0.05) is 31.8 Å². The molecule has 4 saturated carbocycles. The molecule has 24 heteroatoms. The van der Waals surface area contributed by atoms with Crippen molar-refractivity contribution in [3.63, 3.8) is 0 Å². The lowest BCUT2D eigenvalue weighted by atomic mass is 9.44. The van der Waals surface area contributed by atoms with Crippen molar-refractivity contribution in [1.82, 2.24) is 36.4 Å². The van der Waals surface area contributed by atoms with Crippen molar-refractivity contribution < 1.29 is 52.7 Å². The number of nitrogens with zero attached hydrogens (tertiary/aromatic N) is 3. The summed E-state index contributed by atoms with van der Waals surface area (Å²) in [4.78, 5) is 149. The summed E-state index contributed by atoms with van der Waals surface area (Å²) in [6.45, 7) is 10.2. The van der Waals surface area contributed by atoms with Crippen LogP contribution in [0.1, 0.15) is 130 Å². The van der Waals surface area contributed by atoms with Crippen LogP contribution in [0.3, 0.4) is 0 Å². The smallest absolute Gasteiger partial charge is 0.253 e. The van der Waals surface area contributed by atoms with E-state index in [0.717, 1.165) is 36.6 Å². The molecule has 83 heavy (non-hydrogen) atoms. The van der Waals surface area contributed by atoms with Crippen LogP contribution in [0.5, 0.6) is 5.75 Å². The van der Waals surface area contributed by atoms with Crippen LogP contribution in [-0.4, -0.2) is 142 Å². The predicted octanol–water partition coefficient (Wildman–Crippen LogP) is 0.443. The van der Waals surface area contributed by atoms with Gasteiger partial charge < -0.3 is 59.6 Å². The number of nitrogens with one attached hydrogen (secondary N) is 5. The molecule has 5 fully saturated rings. The highest BCUT2D eigenvalue weighted by atomic mass is 16.5. The van der Waals surface area contributed by atoms with Gasteiger partial charge in [0.05, 0.1) is 25.1 Å². The van der Waals surface area contributed by atoms with Gasteiger partial charge in [-0.05, 0) is 138 Å². The van der Waals surface area contributed by atoms with Crippen molar-refractivity contribution in [2.24, 2.45) is 62.7 Å². The zero-order valence-corrected chi connectivity index (χ0v) is 48.8. The Balaban J connectivity index is 1.28. The highest BCUT2D eigenvalue weighted by molar-refractivity contribution is 6.10. The Morgan fingerprint density at radius 2 is 1.35 bits per heavy atom. The van der Waals surface area contributed by atoms with Gasteiger partial charge in [-0.25, -0.2) is 0 Å². The lowest BCUT2D eigenvalue weighted by Crippen LogP contribution is -2.74. The number of imide groups is 2. The molecule has 0 spiro atoms. The Bertz CT molecular complexity index is 2680. The molecule has 15 N–H and O–H groups in total. The third-order valence-electron chi connectivity index (χ3n) is 17.1. The van der Waals surface area contributed by atoms with Gasteiger partial charge in [-0.2, -0.15) is 0 Å². The summed E-state index contributed by atoms with van der Waals surface area (Å²) >= 11 is 0. The fourth-order valence-corrected chi connectivity index (χ4v) is 13.2. The molecule has 0 radical (unpaired) electrons. The molecule has 7 rings (SSSR count). The zero-order chi connectivity index (χ0) is 60.9. The lowest BCUT2D eigenvalue weighted by molar-refractivity contribution is -0.183. The molecular weight excluding hydrogens is 1070 g/mol. The Morgan fingerprint density at radius 1 is 0.747 bits per heavy atom. The molecule has 2 aromatic carbocycles. The maximum absolute atomic E-state index is 15.6. The molecule has 10 amide bonds. The zero-order valence-electron chi connectivity index (χ0n) is 48.8. The fraction of sp³-hybridized carbons (Fsp3) is 0.610. The number of primary amides is 1. The van der Waals surface area contributed by atoms with Gasteiger partial charge in [0.25, 0.3) is 11.8 Å². The molecule has 1 saturated heterocycles. The van der Waals surface area contributed by atoms with E-state index in [2.05, 4.69) is 31.6 Å². The van der Waals surface area contributed by atoms with Crippen molar-refractivity contribution in [3.8, 4) is 5.75 Å². The minimum Gasteiger partial charge on any atom is -0.494 e. The maximum Gasteiger partial charge on any atom is 0.253 e. The standard InChI is InChI=1S/C59H87N13O11/c1-7-41(60)54(80)71-23-13-17-46(71)52(78)66-43(16-12-22-65-57(63)64)55(81)72(34(5)73)58(6,59-30-37-24-38(31-59)26-39(25-37)32-59)56(82)70-51(77)45(29-47(62)74)68-53(79)48(33(3)4)69-50(76)44(28-35-14-10-9-11-15-35)67-49(75)42(61)27-36-18-20-40(21-19-36)83-8-2/h9-11,14-15,18-21,33,37-39,41-46,48H,7-8,12-13,16-17,22-32,60-61H2,1-6H3,(H2,62,74)(H,66,78)(H,67,75)(H,68,79)(H,69,76)(H4,63,64,65)(H,70,77,82)/t37?,38?,39?,41?,42-,43-,44-,45-,46-,48-,58-,59?/m0/s1. The summed E-state index contributed by atoms with van der Waals surface area (Å²) in [6, 6.07) is 7.06. The highest BCUT2D eigenvalue weighted by Crippen LogP contribution is 2.65. The van der Waals surface area contributed by atoms with Crippen LogP contribution in [0.15, 0.2) is 59.6 Å². The number of benzene rings is 2. The molecule has 4 aliphatic carbocycles. The number of amides is 10. The topological polar surface area (TPSA) is 389 Å². The molecule has 8 atom stereocenters. The van der Waals surface area contributed by atoms with Gasteiger partial charge >= 0.3 is 0 Å². The second-order valence-corrected chi connectivity index (χ2v) is 23.6. The molecule has 1 heterocycles. The van der Waals surface area contributed by atoms with Gasteiger partial charge in [0.1, 0.15) is 41.5 Å². The van der Waals surface area contributed by atoms with E-state index in [0.29, 0.717) is 50.0 Å². The number of hydrogen-bond donors (Lipinski definition) is 10. The molecule has 5 aliphatic rings. The fourth-order valence-electron chi connectivity index (χ4n) is 13.2. The number of carbonyl (C=O) groups excluding carboxylic acids is 10. The molecular formula is C59H87N13O11. The average molecular weight is 1150 g/mol. The van der Waals surface area contributed by atoms with Crippen molar-refractivity contribution in [1.29, 1.82) is 0 Å². The van der Waals surface area contributed by atoms with Crippen molar-refractivity contribution >= 4 is 65.0 Å². The average Bonchev–Trinajstić information content (AvgIpc) is 1.32. The van der Waals surface area contributed by atoms with E-state index in [1.54, 1.807) is 75.4 Å². The first-order chi connectivity index (χ1) is 39.3. The number of ether oxygens (including phenoxy) is 1. The van der Waals surface area contributed by atoms with E-state index in [-0.39, 0.29) is 68.9 Å². The number of likely N-dealkylation sites (tertiary alicyclic amines) is 1. The van der Waals surface area contributed by atoms with Gasteiger partial charge in [-0.1, -0.05) is 63.2 Å². The minimum absolute atomic E-state index is 0.00282. The Labute approximate surface area is 485 Å². The molecule has 24 nitrogen and oxygen atoms in total. The van der Waals surface area contributed by atoms with Gasteiger partial charge in [-0.15, -0.1) is 0 Å². The molecule has 0 aromatic heterocycles. The number of hydrogen-bond acceptors (Lipinski definition) is 14. The van der Waals surface area contributed by atoms with E-state index in [9.17, 15) is 38.4 Å². The normalized spacial score (nSPS) is 22.5. The van der Waals surface area contributed by atoms with Gasteiger partial charge in [0.2, 0.25) is 47.3 Å². The highest BCUT2D eigenvalue weighted by Gasteiger charge is 2.66. The van der Waals surface area contributed by atoms with Crippen LogP contribution in [0, 0.1) is 29.1 Å². The molecule has 4 bridgehead atoms. The maximum atomic E-state index is 15.6. The number of nitrogens with two attached hydrogens (primary N) is 5. The van der Waals surface area contributed by atoms with Crippen LogP contribution in [0.4, 0.5) is 0 Å². The van der Waals surface area contributed by atoms with Gasteiger partial charge in [-0.3, -0.25) is 63.2 Å². The first-order valence-electron chi connectivity index (χ1n) is 29.1. The van der Waals surface area contributed by atoms with Crippen LogP contribution in [-0.2, 0) is 60.8 Å². The molecule has 1 unspecified atom stereocenters. The van der Waals surface area contributed by atoms with Crippen LogP contribution in [0.25, 0.3) is 0 Å². The van der Waals surface area contributed by atoms with E-state index in [4.69, 9.17) is 33.4 Å². The molecule has 1 aliphatic heterocycles. The van der Waals surface area contributed by atoms with Gasteiger partial charge in [0.15, 0.2) is 5.96 Å². The second kappa shape index (κ2) is 28.7. The molecule has 454 valence electrons. The lowest BCUT2D eigenvalue weighted by Gasteiger charge is -2.63. The summed E-state index contributed by atoms with van der Waals surface area (Å²) in [6.07, 6.45) is 4.30. The van der Waals surface area contributed by atoms with Crippen LogP contribution < -0.4 is 60.0 Å². The SMILES string of the molecule is CCOc1ccc(C[C@H](N)C(=O)N[C@@H](Cc2ccccc2)C(=O)N[C@H](C(=O)N[C@@H](CC(N)=O)C(=O)NC(=O)[C@](C)(N(C(C)=O)C(=O)[C@H](CCCN=C(N)N)NC(=O)[C@@H]2CCCN2C(=O)C(N)CC)C23CC4CC(CC(C4)C2)C3)C(C)C)cc1. The van der Waals surface area contributed by atoms with Crippen LogP contribution >= 0.6 is 0 Å². The quantitative estimate of drug-likeness (QED) is 0.0314. The number of guanidine groups is 1. The first-order valence-corrected chi connectivity index (χ1v) is 29.1. The monoisotopic (exact) mass is 1150 g/mol. The summed E-state index contributed by atoms with van der Waals surface area (Å²) < 4.78 is 5.52. The van der Waals surface area contributed by atoms with Crippen molar-refractivity contribution in [2.75, 3.05) is 19.7 Å². The predicted molar refractivity (Wildman–Crippen MR) is 308 cm³/mol. The van der Waals surface area contributed by atoms with Crippen molar-refractivity contribution in [3.05, 3.63) is 65.7 Å². The first kappa shape index (κ1) is 64.7. The van der Waals surface area contributed by atoms with E-state index < -0.39 is 125 Å². The number of rotatable bonds is 28. The molecule has 2 aromatic rings. The third kappa shape index (κ3) is 16.0. The summed E-state index contributed by atoms with van der Waals surface area (Å²) in [5.41, 5.74) is 27.6. The second-order valence-electron chi connectivity index (χ2n) is 23.6. The van der Waals surface area contributed by atoms with E-state index in [1.807, 2.05) is 6.92 Å². The Kier molecular flexibility index (Phi) is 22.4. The summed E-state index contributed by atoms with van der Waals surface area (Å²) in [7, 11) is 0. The minimum atomic E-state index is -2.13. The summed E-state index contributed by atoms with van der Waals surface area (Å²) in [5.74, 6) is -8.40. The largest absolute Gasteiger partial charge is 0.494 e. The number of carbonyl (C=O) groups is 10. The third-order valence-corrected chi connectivity index (χ3v) is 17.1. The Morgan fingerprint density at radius 3 is 1.90 bits per heavy atom. The number of aliphatic imine (C=N–C) groups is 1. The van der Waals surface area contributed by atoms with E-state index >= 15 is 9.59 Å². The van der Waals surface area contributed by atoms with E-state index in [1.165, 1.54) is 11.8 Å². The Hall–Kier alpha value is -7.47. The van der Waals surface area contributed by atoms with Crippen LogP contribution in [0.2, 0.25) is 0 Å². The van der Waals surface area contributed by atoms with Crippen molar-refractivity contribution in [2.45, 2.75) is 179 Å².